The standard InChI is InChI=1S/C9H12N2S/c1-3-8(2)7-12-9-10-5-4-6-11-9/h3-6,8H,1,7H2,2H3. The second-order valence-electron chi connectivity index (χ2n) is 2.56. The summed E-state index contributed by atoms with van der Waals surface area (Å²) in [7, 11) is 0. The Bertz CT molecular complexity index is 236. The van der Waals surface area contributed by atoms with Crippen LogP contribution in [0.2, 0.25) is 0 Å². The number of nitrogens with zero attached hydrogens (tertiary/aromatic N) is 2. The molecule has 2 nitrogen and oxygen atoms in total. The van der Waals surface area contributed by atoms with Gasteiger partial charge in [0.1, 0.15) is 0 Å². The van der Waals surface area contributed by atoms with E-state index in [9.17, 15) is 0 Å². The lowest BCUT2D eigenvalue weighted by Crippen LogP contribution is -1.94. The van der Waals surface area contributed by atoms with Crippen LogP contribution in [0, 0.1) is 5.92 Å². The molecule has 0 radical (unpaired) electrons. The minimum atomic E-state index is 0.513. The van der Waals surface area contributed by atoms with Crippen LogP contribution in [0.1, 0.15) is 6.92 Å². The molecule has 1 heterocycles. The van der Waals surface area contributed by atoms with Gasteiger partial charge in [-0.05, 0) is 12.0 Å². The third-order valence-electron chi connectivity index (χ3n) is 1.42. The maximum Gasteiger partial charge on any atom is 0.187 e. The molecule has 0 fully saturated rings. The summed E-state index contributed by atoms with van der Waals surface area (Å²) in [4.78, 5) is 8.21. The van der Waals surface area contributed by atoms with Crippen LogP contribution < -0.4 is 0 Å². The summed E-state index contributed by atoms with van der Waals surface area (Å²) in [6, 6.07) is 1.82. The molecule has 0 aliphatic heterocycles. The summed E-state index contributed by atoms with van der Waals surface area (Å²) in [5.41, 5.74) is 0. The number of thioether (sulfide) groups is 1. The Morgan fingerprint density at radius 3 is 2.83 bits per heavy atom. The van der Waals surface area contributed by atoms with Gasteiger partial charge in [0.05, 0.1) is 0 Å². The average Bonchev–Trinajstić information content (AvgIpc) is 2.16. The molecule has 0 amide bonds. The highest BCUT2D eigenvalue weighted by Crippen LogP contribution is 2.15. The second-order valence-corrected chi connectivity index (χ2v) is 3.54. The highest BCUT2D eigenvalue weighted by molar-refractivity contribution is 7.99. The molecule has 1 rings (SSSR count). The van der Waals surface area contributed by atoms with Crippen molar-refractivity contribution in [1.29, 1.82) is 0 Å². The smallest absolute Gasteiger partial charge is 0.187 e. The fourth-order valence-electron chi connectivity index (χ4n) is 0.634. The van der Waals surface area contributed by atoms with Crippen LogP contribution in [0.5, 0.6) is 0 Å². The van der Waals surface area contributed by atoms with Crippen molar-refractivity contribution in [1.82, 2.24) is 9.97 Å². The van der Waals surface area contributed by atoms with Crippen molar-refractivity contribution in [2.75, 3.05) is 5.75 Å². The fourth-order valence-corrected chi connectivity index (χ4v) is 1.45. The molecular weight excluding hydrogens is 168 g/mol. The largest absolute Gasteiger partial charge is 0.231 e. The van der Waals surface area contributed by atoms with E-state index in [1.54, 1.807) is 24.2 Å². The molecule has 0 aliphatic rings. The van der Waals surface area contributed by atoms with Gasteiger partial charge in [0.25, 0.3) is 0 Å². The van der Waals surface area contributed by atoms with Gasteiger partial charge in [0.2, 0.25) is 0 Å². The van der Waals surface area contributed by atoms with E-state index >= 15 is 0 Å². The SMILES string of the molecule is C=CC(C)CSc1ncccn1. The number of hydrogen-bond acceptors (Lipinski definition) is 3. The van der Waals surface area contributed by atoms with Gasteiger partial charge in [0, 0.05) is 18.1 Å². The van der Waals surface area contributed by atoms with E-state index in [4.69, 9.17) is 0 Å². The predicted molar refractivity (Wildman–Crippen MR) is 52.1 cm³/mol. The van der Waals surface area contributed by atoms with Gasteiger partial charge in [-0.1, -0.05) is 24.8 Å². The van der Waals surface area contributed by atoms with Crippen LogP contribution in [-0.2, 0) is 0 Å². The van der Waals surface area contributed by atoms with Gasteiger partial charge in [-0.2, -0.15) is 0 Å². The van der Waals surface area contributed by atoms with Crippen molar-refractivity contribution in [3.05, 3.63) is 31.1 Å². The van der Waals surface area contributed by atoms with Crippen LogP contribution in [0.4, 0.5) is 0 Å². The van der Waals surface area contributed by atoms with Crippen molar-refractivity contribution in [3.63, 3.8) is 0 Å². The molecule has 0 saturated heterocycles. The first-order valence-corrected chi connectivity index (χ1v) is 4.84. The molecule has 0 aliphatic carbocycles. The molecule has 1 aromatic rings. The number of rotatable bonds is 4. The Balaban J connectivity index is 2.38. The fraction of sp³-hybridized carbons (Fsp3) is 0.333. The molecule has 0 spiro atoms. The number of aromatic nitrogens is 2. The molecule has 1 unspecified atom stereocenters. The van der Waals surface area contributed by atoms with E-state index in [0.717, 1.165) is 10.9 Å². The quantitative estimate of drug-likeness (QED) is 0.404. The van der Waals surface area contributed by atoms with Crippen molar-refractivity contribution in [3.8, 4) is 0 Å². The summed E-state index contributed by atoms with van der Waals surface area (Å²) >= 11 is 1.66. The van der Waals surface area contributed by atoms with Gasteiger partial charge in [0.15, 0.2) is 5.16 Å². The molecule has 1 aromatic heterocycles. The van der Waals surface area contributed by atoms with Crippen molar-refractivity contribution >= 4 is 11.8 Å². The van der Waals surface area contributed by atoms with E-state index in [2.05, 4.69) is 23.5 Å². The lowest BCUT2D eigenvalue weighted by molar-refractivity contribution is 0.843. The maximum atomic E-state index is 4.10. The zero-order valence-corrected chi connectivity index (χ0v) is 7.92. The summed E-state index contributed by atoms with van der Waals surface area (Å²) in [6.45, 7) is 5.85. The van der Waals surface area contributed by atoms with Crippen LogP contribution >= 0.6 is 11.8 Å². The van der Waals surface area contributed by atoms with Gasteiger partial charge in [-0.15, -0.1) is 6.58 Å². The third kappa shape index (κ3) is 3.05. The molecule has 1 atom stereocenters. The van der Waals surface area contributed by atoms with E-state index in [0.29, 0.717) is 5.92 Å². The molecular formula is C9H12N2S. The first-order valence-electron chi connectivity index (χ1n) is 3.85. The first kappa shape index (κ1) is 9.26. The summed E-state index contributed by atoms with van der Waals surface area (Å²) in [6.07, 6.45) is 5.46. The van der Waals surface area contributed by atoms with Crippen LogP contribution in [0.15, 0.2) is 36.3 Å². The first-order chi connectivity index (χ1) is 5.83. The molecule has 12 heavy (non-hydrogen) atoms. The number of allylic oxidation sites excluding steroid dienone is 1. The zero-order valence-electron chi connectivity index (χ0n) is 7.10. The van der Waals surface area contributed by atoms with Crippen LogP contribution in [0.3, 0.4) is 0 Å². The normalized spacial score (nSPS) is 12.4. The van der Waals surface area contributed by atoms with Crippen molar-refractivity contribution < 1.29 is 0 Å². The average molecular weight is 180 g/mol. The summed E-state index contributed by atoms with van der Waals surface area (Å²) < 4.78 is 0. The van der Waals surface area contributed by atoms with E-state index in [-0.39, 0.29) is 0 Å². The Hall–Kier alpha value is -0.830. The van der Waals surface area contributed by atoms with E-state index < -0.39 is 0 Å². The van der Waals surface area contributed by atoms with Crippen molar-refractivity contribution in [2.45, 2.75) is 12.1 Å². The molecule has 0 saturated carbocycles. The molecule has 0 aromatic carbocycles. The molecule has 64 valence electrons. The lowest BCUT2D eigenvalue weighted by Gasteiger charge is -2.02. The lowest BCUT2D eigenvalue weighted by atomic mass is 10.2. The third-order valence-corrected chi connectivity index (χ3v) is 2.58. The monoisotopic (exact) mass is 180 g/mol. The highest BCUT2D eigenvalue weighted by atomic mass is 32.2. The molecule has 0 N–H and O–H groups in total. The minimum absolute atomic E-state index is 0.513. The topological polar surface area (TPSA) is 25.8 Å². The zero-order chi connectivity index (χ0) is 8.81. The number of hydrogen-bond donors (Lipinski definition) is 0. The Morgan fingerprint density at radius 1 is 1.58 bits per heavy atom. The van der Waals surface area contributed by atoms with Crippen LogP contribution in [0.25, 0.3) is 0 Å². The molecule has 0 bridgehead atoms. The Kier molecular flexibility index (Phi) is 3.80. The van der Waals surface area contributed by atoms with Gasteiger partial charge < -0.3 is 0 Å². The van der Waals surface area contributed by atoms with Crippen molar-refractivity contribution in [2.24, 2.45) is 5.92 Å². The van der Waals surface area contributed by atoms with Gasteiger partial charge in [-0.25, -0.2) is 9.97 Å². The Morgan fingerprint density at radius 2 is 2.25 bits per heavy atom. The maximum absolute atomic E-state index is 4.10. The van der Waals surface area contributed by atoms with Gasteiger partial charge in [-0.3, -0.25) is 0 Å². The van der Waals surface area contributed by atoms with E-state index in [1.807, 2.05) is 12.1 Å². The Labute approximate surface area is 77.1 Å². The van der Waals surface area contributed by atoms with Crippen LogP contribution in [-0.4, -0.2) is 15.7 Å². The minimum Gasteiger partial charge on any atom is -0.231 e. The molecule has 3 heteroatoms. The van der Waals surface area contributed by atoms with Gasteiger partial charge >= 0.3 is 0 Å². The summed E-state index contributed by atoms with van der Waals surface area (Å²) in [5.74, 6) is 1.51. The second kappa shape index (κ2) is 4.93. The van der Waals surface area contributed by atoms with E-state index in [1.165, 1.54) is 0 Å². The highest BCUT2D eigenvalue weighted by Gasteiger charge is 1.99. The predicted octanol–water partition coefficient (Wildman–Crippen LogP) is 2.39. The summed E-state index contributed by atoms with van der Waals surface area (Å²) in [5, 5.41) is 0.839.